The first kappa shape index (κ1) is 17.9. The largest absolute Gasteiger partial charge is 0.487 e. The summed E-state index contributed by atoms with van der Waals surface area (Å²) in [5.74, 6) is 0.605. The Balaban J connectivity index is 2.01. The average Bonchev–Trinajstić information content (AvgIpc) is 2.39. The number of piperidine rings is 1. The minimum Gasteiger partial charge on any atom is -0.487 e. The van der Waals surface area contributed by atoms with E-state index in [1.807, 2.05) is 20.8 Å². The smallest absolute Gasteiger partial charge is 0.410 e. The van der Waals surface area contributed by atoms with Crippen LogP contribution in [0.4, 0.5) is 4.79 Å². The fourth-order valence-electron chi connectivity index (χ4n) is 2.52. The van der Waals surface area contributed by atoms with Gasteiger partial charge in [-0.3, -0.25) is 0 Å². The minimum absolute atomic E-state index is 0.160. The Morgan fingerprint density at radius 1 is 1.43 bits per heavy atom. The zero-order valence-corrected chi connectivity index (χ0v) is 14.8. The van der Waals surface area contributed by atoms with Crippen molar-refractivity contribution in [2.24, 2.45) is 0 Å². The third kappa shape index (κ3) is 5.01. The third-order valence-electron chi connectivity index (χ3n) is 3.59. The molecular formula is C17H24ClNO4. The zero-order chi connectivity index (χ0) is 17.3. The van der Waals surface area contributed by atoms with Crippen molar-refractivity contribution in [2.45, 2.75) is 51.4 Å². The Morgan fingerprint density at radius 2 is 2.13 bits per heavy atom. The Morgan fingerprint density at radius 3 is 2.70 bits per heavy atom. The highest BCUT2D eigenvalue weighted by atomic mass is 35.5. The van der Waals surface area contributed by atoms with Crippen LogP contribution in [0, 0.1) is 0 Å². The number of nitrogens with zero attached hydrogens (tertiary/aromatic N) is 1. The summed E-state index contributed by atoms with van der Waals surface area (Å²) in [7, 11) is 0. The van der Waals surface area contributed by atoms with Crippen LogP contribution in [-0.2, 0) is 4.74 Å². The second kappa shape index (κ2) is 6.57. The first-order chi connectivity index (χ1) is 10.6. The summed E-state index contributed by atoms with van der Waals surface area (Å²) in [5.41, 5.74) is -1.73. The van der Waals surface area contributed by atoms with E-state index in [0.29, 0.717) is 23.7 Å². The van der Waals surface area contributed by atoms with E-state index < -0.39 is 23.4 Å². The van der Waals surface area contributed by atoms with Crippen LogP contribution < -0.4 is 4.74 Å². The van der Waals surface area contributed by atoms with Gasteiger partial charge in [0, 0.05) is 18.0 Å². The third-order valence-corrected chi connectivity index (χ3v) is 3.83. The van der Waals surface area contributed by atoms with Crippen molar-refractivity contribution in [3.63, 3.8) is 0 Å². The maximum absolute atomic E-state index is 12.1. The second-order valence-corrected chi connectivity index (χ2v) is 7.55. The molecule has 0 unspecified atom stereocenters. The van der Waals surface area contributed by atoms with E-state index >= 15 is 0 Å². The molecule has 1 heterocycles. The van der Waals surface area contributed by atoms with Gasteiger partial charge in [-0.2, -0.15) is 0 Å². The maximum Gasteiger partial charge on any atom is 0.410 e. The minimum atomic E-state index is -1.17. The van der Waals surface area contributed by atoms with Crippen molar-refractivity contribution in [3.8, 4) is 5.75 Å². The molecule has 0 bridgehead atoms. The number of ether oxygens (including phenoxy) is 2. The number of carbonyl (C=O) groups is 1. The van der Waals surface area contributed by atoms with Gasteiger partial charge in [0.1, 0.15) is 23.1 Å². The van der Waals surface area contributed by atoms with Crippen LogP contribution in [0.1, 0.15) is 34.1 Å². The van der Waals surface area contributed by atoms with Crippen LogP contribution in [0.25, 0.3) is 0 Å². The van der Waals surface area contributed by atoms with Crippen molar-refractivity contribution < 1.29 is 19.4 Å². The quantitative estimate of drug-likeness (QED) is 0.894. The number of benzene rings is 1. The monoisotopic (exact) mass is 341 g/mol. The lowest BCUT2D eigenvalue weighted by atomic mass is 9.91. The summed E-state index contributed by atoms with van der Waals surface area (Å²) in [6.45, 7) is 7.75. The number of carbonyl (C=O) groups excluding carboxylic acids is 1. The molecule has 128 valence electrons. The van der Waals surface area contributed by atoms with Crippen LogP contribution in [0.15, 0.2) is 24.3 Å². The topological polar surface area (TPSA) is 59.0 Å². The molecule has 1 aromatic rings. The molecule has 6 heteroatoms. The number of β-amino-alcohol motifs (C(OH)–C–C–N with tert-alkyl or cyclic N) is 1. The van der Waals surface area contributed by atoms with Crippen LogP contribution in [0.5, 0.6) is 5.75 Å². The highest BCUT2D eigenvalue weighted by molar-refractivity contribution is 6.30. The van der Waals surface area contributed by atoms with E-state index in [9.17, 15) is 9.90 Å². The molecule has 0 radical (unpaired) electrons. The predicted octanol–water partition coefficient (Wildman–Crippen LogP) is 3.48. The van der Waals surface area contributed by atoms with Gasteiger partial charge in [-0.25, -0.2) is 4.79 Å². The highest BCUT2D eigenvalue weighted by Gasteiger charge is 2.42. The highest BCUT2D eigenvalue weighted by Crippen LogP contribution is 2.28. The number of amides is 1. The molecule has 23 heavy (non-hydrogen) atoms. The molecule has 1 saturated heterocycles. The van der Waals surface area contributed by atoms with Gasteiger partial charge < -0.3 is 19.5 Å². The first-order valence-corrected chi connectivity index (χ1v) is 8.07. The Kier molecular flexibility index (Phi) is 5.11. The molecule has 1 fully saturated rings. The molecule has 1 aliphatic rings. The van der Waals surface area contributed by atoms with E-state index in [0.717, 1.165) is 0 Å². The van der Waals surface area contributed by atoms with Crippen molar-refractivity contribution in [3.05, 3.63) is 29.3 Å². The van der Waals surface area contributed by atoms with E-state index in [4.69, 9.17) is 21.1 Å². The lowest BCUT2D eigenvalue weighted by molar-refractivity contribution is -0.0978. The molecule has 0 aliphatic carbocycles. The molecule has 1 aromatic carbocycles. The van der Waals surface area contributed by atoms with E-state index in [1.54, 1.807) is 31.2 Å². The normalized spacial score (nSPS) is 25.1. The SMILES string of the molecule is CC(C)(C)OC(=O)N1CC[C@H](Oc2cccc(Cl)c2)[C@@](C)(O)C1. The number of aliphatic hydroxyl groups is 1. The predicted molar refractivity (Wildman–Crippen MR) is 88.9 cm³/mol. The number of halogens is 1. The molecule has 2 atom stereocenters. The molecule has 1 amide bonds. The second-order valence-electron chi connectivity index (χ2n) is 7.11. The van der Waals surface area contributed by atoms with Crippen molar-refractivity contribution in [2.75, 3.05) is 13.1 Å². The Labute approximate surface area is 142 Å². The molecule has 1 aliphatic heterocycles. The summed E-state index contributed by atoms with van der Waals surface area (Å²) in [4.78, 5) is 13.7. The van der Waals surface area contributed by atoms with Crippen LogP contribution in [-0.4, -0.2) is 46.5 Å². The van der Waals surface area contributed by atoms with E-state index in [2.05, 4.69) is 0 Å². The Bertz CT molecular complexity index is 568. The summed E-state index contributed by atoms with van der Waals surface area (Å²) >= 11 is 5.95. The number of hydrogen-bond donors (Lipinski definition) is 1. The summed E-state index contributed by atoms with van der Waals surface area (Å²) < 4.78 is 11.2. The molecular weight excluding hydrogens is 318 g/mol. The van der Waals surface area contributed by atoms with Gasteiger partial charge in [-0.15, -0.1) is 0 Å². The van der Waals surface area contributed by atoms with Gasteiger partial charge in [0.15, 0.2) is 0 Å². The summed E-state index contributed by atoms with van der Waals surface area (Å²) in [6, 6.07) is 7.06. The standard InChI is InChI=1S/C17H24ClNO4/c1-16(2,3)23-15(20)19-9-8-14(17(4,21)11-19)22-13-7-5-6-12(18)10-13/h5-7,10,14,21H,8-9,11H2,1-4H3/t14-,17-/m0/s1. The van der Waals surface area contributed by atoms with Gasteiger partial charge in [0.05, 0.1) is 6.54 Å². The van der Waals surface area contributed by atoms with Gasteiger partial charge in [0.2, 0.25) is 0 Å². The lowest BCUT2D eigenvalue weighted by Crippen LogP contribution is -2.58. The number of likely N-dealkylation sites (tertiary alicyclic amines) is 1. The molecule has 5 nitrogen and oxygen atoms in total. The molecule has 0 saturated carbocycles. The molecule has 1 N–H and O–H groups in total. The van der Waals surface area contributed by atoms with Gasteiger partial charge in [0.25, 0.3) is 0 Å². The van der Waals surface area contributed by atoms with E-state index in [-0.39, 0.29) is 6.54 Å². The number of rotatable bonds is 2. The number of hydrogen-bond acceptors (Lipinski definition) is 4. The first-order valence-electron chi connectivity index (χ1n) is 7.69. The maximum atomic E-state index is 12.1. The van der Waals surface area contributed by atoms with Gasteiger partial charge in [-0.05, 0) is 45.9 Å². The molecule has 2 rings (SSSR count). The molecule has 0 aromatic heterocycles. The lowest BCUT2D eigenvalue weighted by Gasteiger charge is -2.42. The zero-order valence-electron chi connectivity index (χ0n) is 14.0. The average molecular weight is 342 g/mol. The summed E-state index contributed by atoms with van der Waals surface area (Å²) in [6.07, 6.45) is -0.322. The van der Waals surface area contributed by atoms with Gasteiger partial charge >= 0.3 is 6.09 Å². The van der Waals surface area contributed by atoms with Crippen LogP contribution in [0.2, 0.25) is 5.02 Å². The van der Waals surface area contributed by atoms with Crippen LogP contribution >= 0.6 is 11.6 Å². The Hall–Kier alpha value is -1.46. The summed E-state index contributed by atoms with van der Waals surface area (Å²) in [5, 5.41) is 11.3. The van der Waals surface area contributed by atoms with Crippen LogP contribution in [0.3, 0.4) is 0 Å². The molecule has 0 spiro atoms. The van der Waals surface area contributed by atoms with Crippen molar-refractivity contribution in [1.82, 2.24) is 4.90 Å². The van der Waals surface area contributed by atoms with Crippen molar-refractivity contribution in [1.29, 1.82) is 0 Å². The van der Waals surface area contributed by atoms with Crippen molar-refractivity contribution >= 4 is 17.7 Å². The van der Waals surface area contributed by atoms with E-state index in [1.165, 1.54) is 4.90 Å². The fraction of sp³-hybridized carbons (Fsp3) is 0.588. The fourth-order valence-corrected chi connectivity index (χ4v) is 2.70. The van der Waals surface area contributed by atoms with Gasteiger partial charge in [-0.1, -0.05) is 17.7 Å².